The summed E-state index contributed by atoms with van der Waals surface area (Å²) in [7, 11) is 0. The molecule has 2 amide bonds. The van der Waals surface area contributed by atoms with Crippen molar-refractivity contribution in [2.75, 3.05) is 49.2 Å². The van der Waals surface area contributed by atoms with Crippen molar-refractivity contribution >= 4 is 40.0 Å². The number of anilines is 2. The van der Waals surface area contributed by atoms with Gasteiger partial charge in [0.1, 0.15) is 17.5 Å². The first-order valence-electron chi connectivity index (χ1n) is 11.0. The fourth-order valence-electron chi connectivity index (χ4n) is 4.11. The molecule has 3 aromatic rings. The van der Waals surface area contributed by atoms with E-state index in [-0.39, 0.29) is 24.5 Å². The number of rotatable bonds is 6. The molecule has 1 aromatic heterocycles. The molecule has 3 heterocycles. The predicted octanol–water partition coefficient (Wildman–Crippen LogP) is 3.07. The number of carbonyl (C=O) groups is 2. The Hall–Kier alpha value is -4.19. The van der Waals surface area contributed by atoms with E-state index in [1.54, 1.807) is 12.1 Å². The Morgan fingerprint density at radius 1 is 1.17 bits per heavy atom. The SMILES string of the molecule is O=C(NC[C@H]1CN(c2ccc(N3CCOCC3)c(F)c2)C(=O)O1)c1cc2cc([N+](=O)[O-])ccc2o1. The molecule has 2 aliphatic rings. The van der Waals surface area contributed by atoms with E-state index >= 15 is 0 Å². The molecule has 2 saturated heterocycles. The van der Waals surface area contributed by atoms with E-state index in [2.05, 4.69) is 5.32 Å². The largest absolute Gasteiger partial charge is 0.451 e. The van der Waals surface area contributed by atoms with Crippen LogP contribution in [0.25, 0.3) is 11.0 Å². The van der Waals surface area contributed by atoms with E-state index in [4.69, 9.17) is 13.9 Å². The Bertz CT molecular complexity index is 1300. The topological polar surface area (TPSA) is 127 Å². The highest BCUT2D eigenvalue weighted by Gasteiger charge is 2.33. The highest BCUT2D eigenvalue weighted by atomic mass is 19.1. The number of halogens is 1. The molecule has 0 spiro atoms. The molecule has 1 atom stereocenters. The van der Waals surface area contributed by atoms with Crippen LogP contribution >= 0.6 is 0 Å². The van der Waals surface area contributed by atoms with Crippen LogP contribution in [0, 0.1) is 15.9 Å². The quantitative estimate of drug-likeness (QED) is 0.418. The summed E-state index contributed by atoms with van der Waals surface area (Å²) in [6, 6.07) is 10.0. The van der Waals surface area contributed by atoms with Crippen LogP contribution in [-0.4, -0.2) is 62.4 Å². The number of ether oxygens (including phenoxy) is 2. The lowest BCUT2D eigenvalue weighted by Gasteiger charge is -2.29. The maximum atomic E-state index is 14.7. The van der Waals surface area contributed by atoms with Crippen molar-refractivity contribution in [2.45, 2.75) is 6.10 Å². The number of fused-ring (bicyclic) bond motifs is 1. The van der Waals surface area contributed by atoms with Gasteiger partial charge in [-0.25, -0.2) is 9.18 Å². The minimum atomic E-state index is -0.654. The summed E-state index contributed by atoms with van der Waals surface area (Å²) in [5.74, 6) is -1.03. The molecule has 35 heavy (non-hydrogen) atoms. The first kappa shape index (κ1) is 22.6. The van der Waals surface area contributed by atoms with E-state index in [9.17, 15) is 24.1 Å². The lowest BCUT2D eigenvalue weighted by molar-refractivity contribution is -0.384. The van der Waals surface area contributed by atoms with Crippen LogP contribution in [0.3, 0.4) is 0 Å². The summed E-state index contributed by atoms with van der Waals surface area (Å²) in [5.41, 5.74) is 1.03. The van der Waals surface area contributed by atoms with Gasteiger partial charge in [0.15, 0.2) is 5.76 Å². The maximum Gasteiger partial charge on any atom is 0.414 e. The van der Waals surface area contributed by atoms with Gasteiger partial charge < -0.3 is 24.1 Å². The number of nitro benzene ring substituents is 1. The first-order chi connectivity index (χ1) is 16.9. The molecular weight excluding hydrogens is 463 g/mol. The molecule has 182 valence electrons. The number of benzene rings is 2. The molecule has 11 nitrogen and oxygen atoms in total. The minimum absolute atomic E-state index is 0.00656. The number of hydrogen-bond donors (Lipinski definition) is 1. The van der Waals surface area contributed by atoms with Crippen molar-refractivity contribution in [1.82, 2.24) is 5.32 Å². The number of non-ortho nitro benzene ring substituents is 1. The Labute approximate surface area is 198 Å². The molecule has 1 N–H and O–H groups in total. The van der Waals surface area contributed by atoms with Crippen LogP contribution in [0.2, 0.25) is 0 Å². The number of carbonyl (C=O) groups excluding carboxylic acids is 2. The van der Waals surface area contributed by atoms with E-state index < -0.39 is 28.8 Å². The summed E-state index contributed by atoms with van der Waals surface area (Å²) >= 11 is 0. The zero-order valence-corrected chi connectivity index (χ0v) is 18.4. The monoisotopic (exact) mass is 484 g/mol. The van der Waals surface area contributed by atoms with Crippen LogP contribution in [0.1, 0.15) is 10.6 Å². The fraction of sp³-hybridized carbons (Fsp3) is 0.304. The number of nitro groups is 1. The Morgan fingerprint density at radius 3 is 2.71 bits per heavy atom. The first-order valence-corrected chi connectivity index (χ1v) is 11.0. The molecule has 2 aromatic carbocycles. The van der Waals surface area contributed by atoms with Crippen molar-refractivity contribution < 1.29 is 32.8 Å². The third-order valence-electron chi connectivity index (χ3n) is 5.89. The lowest BCUT2D eigenvalue weighted by atomic mass is 10.2. The molecular formula is C23H21FN4O7. The zero-order valence-electron chi connectivity index (χ0n) is 18.4. The molecule has 0 bridgehead atoms. The lowest BCUT2D eigenvalue weighted by Crippen LogP contribution is -2.37. The predicted molar refractivity (Wildman–Crippen MR) is 122 cm³/mol. The molecule has 0 saturated carbocycles. The number of amides is 2. The second-order valence-corrected chi connectivity index (χ2v) is 8.15. The minimum Gasteiger partial charge on any atom is -0.451 e. The van der Waals surface area contributed by atoms with Crippen LogP contribution in [0.4, 0.5) is 26.2 Å². The zero-order chi connectivity index (χ0) is 24.5. The smallest absolute Gasteiger partial charge is 0.414 e. The Morgan fingerprint density at radius 2 is 1.97 bits per heavy atom. The molecule has 12 heteroatoms. The average molecular weight is 484 g/mol. The van der Waals surface area contributed by atoms with Gasteiger partial charge in [-0.05, 0) is 30.3 Å². The van der Waals surface area contributed by atoms with Gasteiger partial charge in [-0.1, -0.05) is 0 Å². The van der Waals surface area contributed by atoms with E-state index in [1.165, 1.54) is 35.2 Å². The van der Waals surface area contributed by atoms with Crippen molar-refractivity contribution in [3.05, 3.63) is 64.2 Å². The molecule has 0 radical (unpaired) electrons. The number of hydrogen-bond acceptors (Lipinski definition) is 8. The van der Waals surface area contributed by atoms with Crippen LogP contribution in [0.5, 0.6) is 0 Å². The van der Waals surface area contributed by atoms with Gasteiger partial charge in [-0.2, -0.15) is 0 Å². The molecule has 5 rings (SSSR count). The Kier molecular flexibility index (Phi) is 5.95. The second kappa shape index (κ2) is 9.22. The van der Waals surface area contributed by atoms with Gasteiger partial charge in [0.05, 0.1) is 42.6 Å². The average Bonchev–Trinajstić information content (AvgIpc) is 3.45. The normalized spacial score (nSPS) is 18.1. The summed E-state index contributed by atoms with van der Waals surface area (Å²) < 4.78 is 30.8. The Balaban J connectivity index is 1.21. The van der Waals surface area contributed by atoms with Crippen LogP contribution in [0.15, 0.2) is 46.9 Å². The third kappa shape index (κ3) is 4.60. The standard InChI is InChI=1S/C23H21FN4O7/c24-18-11-15(1-3-19(18)26-5-7-33-8-6-26)27-13-17(34-23(27)30)12-25-22(29)21-10-14-9-16(28(31)32)2-4-20(14)35-21/h1-4,9-11,17H,5-8,12-13H2,(H,25,29)/t17-/m0/s1. The molecule has 0 unspecified atom stereocenters. The highest BCUT2D eigenvalue weighted by Crippen LogP contribution is 2.28. The number of nitrogens with zero attached hydrogens (tertiary/aromatic N) is 3. The number of furan rings is 1. The van der Waals surface area contributed by atoms with Gasteiger partial charge >= 0.3 is 6.09 Å². The van der Waals surface area contributed by atoms with Crippen molar-refractivity contribution in [3.63, 3.8) is 0 Å². The number of morpholine rings is 1. The molecule has 2 aliphatic heterocycles. The summed E-state index contributed by atoms with van der Waals surface area (Å²) in [6.45, 7) is 2.37. The van der Waals surface area contributed by atoms with Crippen LogP contribution in [-0.2, 0) is 9.47 Å². The van der Waals surface area contributed by atoms with E-state index in [0.717, 1.165) is 0 Å². The van der Waals surface area contributed by atoms with Crippen molar-refractivity contribution in [2.24, 2.45) is 0 Å². The van der Waals surface area contributed by atoms with Gasteiger partial charge in [-0.3, -0.25) is 19.8 Å². The van der Waals surface area contributed by atoms with Crippen LogP contribution < -0.4 is 15.1 Å². The van der Waals surface area contributed by atoms with Gasteiger partial charge in [0.2, 0.25) is 0 Å². The molecule has 0 aliphatic carbocycles. The van der Waals surface area contributed by atoms with Gasteiger partial charge in [0.25, 0.3) is 11.6 Å². The van der Waals surface area contributed by atoms with Gasteiger partial charge in [-0.15, -0.1) is 0 Å². The van der Waals surface area contributed by atoms with E-state index in [0.29, 0.717) is 48.6 Å². The maximum absolute atomic E-state index is 14.7. The second-order valence-electron chi connectivity index (χ2n) is 8.15. The van der Waals surface area contributed by atoms with Crippen molar-refractivity contribution in [1.29, 1.82) is 0 Å². The number of cyclic esters (lactones) is 1. The molecule has 2 fully saturated rings. The fourth-order valence-corrected chi connectivity index (χ4v) is 4.11. The van der Waals surface area contributed by atoms with Crippen molar-refractivity contribution in [3.8, 4) is 0 Å². The van der Waals surface area contributed by atoms with E-state index in [1.807, 2.05) is 4.90 Å². The summed E-state index contributed by atoms with van der Waals surface area (Å²) in [4.78, 5) is 38.5. The third-order valence-corrected chi connectivity index (χ3v) is 5.89. The van der Waals surface area contributed by atoms with Gasteiger partial charge in [0, 0.05) is 30.6 Å². The summed E-state index contributed by atoms with van der Waals surface area (Å²) in [6.07, 6.45) is -1.29. The summed E-state index contributed by atoms with van der Waals surface area (Å²) in [5, 5.41) is 14.0. The number of nitrogens with one attached hydrogen (secondary N) is 1. The highest BCUT2D eigenvalue weighted by molar-refractivity contribution is 5.96.